The van der Waals surface area contributed by atoms with Crippen molar-refractivity contribution in [2.45, 2.75) is 13.8 Å². The molecule has 0 saturated heterocycles. The molecule has 0 rings (SSSR count). The zero-order valence-corrected chi connectivity index (χ0v) is 9.11. The fourth-order valence-corrected chi connectivity index (χ4v) is 0.433. The van der Waals surface area contributed by atoms with Crippen LogP contribution in [0, 0.1) is 23.4 Å². The zero-order valence-electron chi connectivity index (χ0n) is 6.53. The molecule has 0 aromatic rings. The Bertz CT molecular complexity index is 105. The summed E-state index contributed by atoms with van der Waals surface area (Å²) < 4.78 is 0. The molecule has 11 heavy (non-hydrogen) atoms. The second-order valence-electron chi connectivity index (χ2n) is 1.07. The van der Waals surface area contributed by atoms with Crippen LogP contribution >= 0.6 is 23.5 Å². The molecule has 0 saturated carbocycles. The molecular weight excluding hydrogens is 224 g/mol. The van der Waals surface area contributed by atoms with Gasteiger partial charge in [0, 0.05) is 0 Å². The van der Waals surface area contributed by atoms with Crippen LogP contribution in [0.25, 0.3) is 0 Å². The molecule has 0 amide bonds. The minimum Gasteiger partial charge on any atom is -0.681 e. The van der Waals surface area contributed by atoms with Gasteiger partial charge in [-0.3, -0.25) is 10.5 Å². The van der Waals surface area contributed by atoms with E-state index >= 15 is 0 Å². The molecular formula is C8H10CuS2. The molecule has 65 valence electrons. The Balaban J connectivity index is -0.000000107. The molecule has 0 fully saturated rings. The van der Waals surface area contributed by atoms with Crippen molar-refractivity contribution in [3.05, 3.63) is 12.8 Å². The molecule has 0 aromatic carbocycles. The third kappa shape index (κ3) is 38.2. The topological polar surface area (TPSA) is 0 Å². The van der Waals surface area contributed by atoms with Gasteiger partial charge in [0.1, 0.15) is 0 Å². The Labute approximate surface area is 89.1 Å². The molecule has 0 N–H and O–H groups in total. The molecule has 1 radical (unpaired) electrons. The van der Waals surface area contributed by atoms with Crippen LogP contribution in [0.5, 0.6) is 0 Å². The number of hydrogen-bond donors (Lipinski definition) is 0. The Morgan fingerprint density at radius 2 is 1.27 bits per heavy atom. The van der Waals surface area contributed by atoms with Gasteiger partial charge >= 0.3 is 17.1 Å². The molecule has 0 aliphatic heterocycles. The van der Waals surface area contributed by atoms with Gasteiger partial charge in [-0.1, -0.05) is 13.8 Å². The summed E-state index contributed by atoms with van der Waals surface area (Å²) in [5.41, 5.74) is 0. The monoisotopic (exact) mass is 233 g/mol. The van der Waals surface area contributed by atoms with Gasteiger partial charge in [0.2, 0.25) is 0 Å². The van der Waals surface area contributed by atoms with E-state index in [1.807, 2.05) is 13.8 Å². The molecule has 0 nitrogen and oxygen atoms in total. The maximum Gasteiger partial charge on any atom is 2.00 e. The summed E-state index contributed by atoms with van der Waals surface area (Å²) in [6, 6.07) is 0. The maximum atomic E-state index is 6.32. The van der Waals surface area contributed by atoms with Gasteiger partial charge < -0.3 is 12.8 Å². The standard InChI is InChI=1S/2C4H5S.Cu/c2*1-3-5-4-2;/h2*3H2,1H3;/q2*-1;+2. The summed E-state index contributed by atoms with van der Waals surface area (Å²) >= 11 is 2.76. The third-order valence-electron chi connectivity index (χ3n) is 0.433. The normalized spacial score (nSPS) is 5.82. The number of thioether (sulfide) groups is 2. The Morgan fingerprint density at radius 3 is 1.27 bits per heavy atom. The smallest absolute Gasteiger partial charge is 0.681 e. The van der Waals surface area contributed by atoms with Crippen LogP contribution < -0.4 is 0 Å². The van der Waals surface area contributed by atoms with E-state index in [-0.39, 0.29) is 17.1 Å². The summed E-state index contributed by atoms with van der Waals surface area (Å²) in [6.45, 7) is 3.98. The first-order valence-corrected chi connectivity index (χ1v) is 4.87. The van der Waals surface area contributed by atoms with Crippen molar-refractivity contribution in [2.24, 2.45) is 0 Å². The summed E-state index contributed by atoms with van der Waals surface area (Å²) in [5.74, 6) is 1.92. The molecule has 0 aromatic heterocycles. The van der Waals surface area contributed by atoms with Crippen LogP contribution in [0.1, 0.15) is 13.8 Å². The van der Waals surface area contributed by atoms with Crippen LogP contribution in [0.3, 0.4) is 0 Å². The third-order valence-corrected chi connectivity index (χ3v) is 1.30. The predicted molar refractivity (Wildman–Crippen MR) is 50.5 cm³/mol. The van der Waals surface area contributed by atoms with E-state index in [1.54, 1.807) is 0 Å². The zero-order chi connectivity index (χ0) is 8.24. The molecule has 0 heterocycles. The largest absolute Gasteiger partial charge is 2.00 e. The van der Waals surface area contributed by atoms with E-state index in [0.29, 0.717) is 0 Å². The van der Waals surface area contributed by atoms with E-state index in [4.69, 9.17) is 12.8 Å². The first-order chi connectivity index (χ1) is 4.83. The number of rotatable bonds is 2. The fourth-order valence-electron chi connectivity index (χ4n) is 0.144. The van der Waals surface area contributed by atoms with E-state index in [0.717, 1.165) is 11.5 Å². The molecule has 0 unspecified atom stereocenters. The molecule has 0 aliphatic carbocycles. The predicted octanol–water partition coefficient (Wildman–Crippen LogP) is 2.57. The van der Waals surface area contributed by atoms with Crippen molar-refractivity contribution in [1.82, 2.24) is 0 Å². The van der Waals surface area contributed by atoms with Crippen molar-refractivity contribution in [1.29, 1.82) is 0 Å². The molecule has 0 bridgehead atoms. The average molecular weight is 234 g/mol. The van der Waals surface area contributed by atoms with Gasteiger partial charge in [0.05, 0.1) is 0 Å². The Morgan fingerprint density at radius 1 is 1.00 bits per heavy atom. The van der Waals surface area contributed by atoms with Crippen LogP contribution in [0.2, 0.25) is 0 Å². The van der Waals surface area contributed by atoms with E-state index < -0.39 is 0 Å². The SMILES string of the molecule is [C-]#CSCC.[C-]#CSCC.[Cu+2]. The summed E-state index contributed by atoms with van der Waals surface area (Å²) in [4.78, 5) is 0. The van der Waals surface area contributed by atoms with Crippen molar-refractivity contribution < 1.29 is 17.1 Å². The van der Waals surface area contributed by atoms with Gasteiger partial charge in [-0.15, -0.1) is 23.5 Å². The van der Waals surface area contributed by atoms with Crippen LogP contribution in [0.4, 0.5) is 0 Å². The van der Waals surface area contributed by atoms with Crippen molar-refractivity contribution in [3.8, 4) is 10.5 Å². The summed E-state index contributed by atoms with van der Waals surface area (Å²) in [5, 5.41) is 4.37. The van der Waals surface area contributed by atoms with Crippen molar-refractivity contribution in [2.75, 3.05) is 11.5 Å². The fraction of sp³-hybridized carbons (Fsp3) is 0.500. The van der Waals surface area contributed by atoms with Crippen LogP contribution in [-0.4, -0.2) is 11.5 Å². The van der Waals surface area contributed by atoms with Gasteiger partial charge in [0.15, 0.2) is 0 Å². The quantitative estimate of drug-likeness (QED) is 0.409. The van der Waals surface area contributed by atoms with E-state index in [1.165, 1.54) is 23.5 Å². The van der Waals surface area contributed by atoms with Gasteiger partial charge in [-0.25, -0.2) is 0 Å². The Kier molecular flexibility index (Phi) is 35.6. The van der Waals surface area contributed by atoms with Gasteiger partial charge in [-0.2, -0.15) is 0 Å². The molecule has 0 spiro atoms. The first-order valence-electron chi connectivity index (χ1n) is 2.90. The molecule has 3 heteroatoms. The Hall–Kier alpha value is 0.339. The van der Waals surface area contributed by atoms with Crippen LogP contribution in [0.15, 0.2) is 0 Å². The minimum absolute atomic E-state index is 0. The molecule has 0 aliphatic rings. The average Bonchev–Trinajstić information content (AvgIpc) is 1.93. The second kappa shape index (κ2) is 22.4. The number of hydrogen-bond acceptors (Lipinski definition) is 2. The van der Waals surface area contributed by atoms with Crippen molar-refractivity contribution in [3.63, 3.8) is 0 Å². The minimum atomic E-state index is 0. The maximum absolute atomic E-state index is 6.32. The van der Waals surface area contributed by atoms with Gasteiger partial charge in [0.25, 0.3) is 0 Å². The first kappa shape index (κ1) is 17.4. The second-order valence-corrected chi connectivity index (χ2v) is 3.21. The van der Waals surface area contributed by atoms with Crippen LogP contribution in [-0.2, 0) is 17.1 Å². The summed E-state index contributed by atoms with van der Waals surface area (Å²) in [7, 11) is 0. The van der Waals surface area contributed by atoms with E-state index in [9.17, 15) is 0 Å². The van der Waals surface area contributed by atoms with E-state index in [2.05, 4.69) is 10.5 Å². The van der Waals surface area contributed by atoms with Crippen molar-refractivity contribution >= 4 is 23.5 Å². The molecule has 0 atom stereocenters. The summed E-state index contributed by atoms with van der Waals surface area (Å²) in [6.07, 6.45) is 12.6. The van der Waals surface area contributed by atoms with Gasteiger partial charge in [-0.05, 0) is 11.5 Å².